The Kier molecular flexibility index (Phi) is 3.73. The second-order valence-corrected chi connectivity index (χ2v) is 5.17. The van der Waals surface area contributed by atoms with Gasteiger partial charge in [0.05, 0.1) is 15.6 Å². The normalized spacial score (nSPS) is 24.1. The Hall–Kier alpha value is -1.33. The summed E-state index contributed by atoms with van der Waals surface area (Å²) in [5, 5.41) is 14.8. The van der Waals surface area contributed by atoms with Crippen LogP contribution < -0.4 is 10.2 Å². The molecule has 6 heteroatoms. The van der Waals surface area contributed by atoms with Crippen LogP contribution >= 0.6 is 11.6 Å². The molecule has 2 atom stereocenters. The lowest BCUT2D eigenvalue weighted by atomic mass is 10.1. The first-order valence-electron chi connectivity index (χ1n) is 5.92. The maximum atomic E-state index is 10.8. The predicted molar refractivity (Wildman–Crippen MR) is 72.4 cm³/mol. The molecule has 98 valence electrons. The molecule has 2 rings (SSSR count). The van der Waals surface area contributed by atoms with Gasteiger partial charge < -0.3 is 10.2 Å². The lowest BCUT2D eigenvalue weighted by Gasteiger charge is -2.37. The number of benzene rings is 1. The summed E-state index contributed by atoms with van der Waals surface area (Å²) < 4.78 is 0. The molecule has 5 nitrogen and oxygen atoms in total. The number of non-ortho nitro benzene ring substituents is 1. The average molecular weight is 270 g/mol. The van der Waals surface area contributed by atoms with E-state index in [0.29, 0.717) is 17.1 Å². The minimum atomic E-state index is -0.394. The molecule has 0 bridgehead atoms. The fourth-order valence-electron chi connectivity index (χ4n) is 2.38. The fourth-order valence-corrected chi connectivity index (χ4v) is 2.62. The van der Waals surface area contributed by atoms with Crippen LogP contribution in [0.4, 0.5) is 11.4 Å². The number of halogens is 1. The summed E-state index contributed by atoms with van der Waals surface area (Å²) in [5.41, 5.74) is 0.819. The van der Waals surface area contributed by atoms with Crippen molar-refractivity contribution in [2.24, 2.45) is 0 Å². The fraction of sp³-hybridized carbons (Fsp3) is 0.500. The van der Waals surface area contributed by atoms with Crippen LogP contribution in [0.3, 0.4) is 0 Å². The van der Waals surface area contributed by atoms with Gasteiger partial charge in [0.1, 0.15) is 0 Å². The van der Waals surface area contributed by atoms with Crippen LogP contribution in [0.5, 0.6) is 0 Å². The van der Waals surface area contributed by atoms with E-state index in [1.54, 1.807) is 12.1 Å². The van der Waals surface area contributed by atoms with Gasteiger partial charge >= 0.3 is 0 Å². The summed E-state index contributed by atoms with van der Waals surface area (Å²) in [6, 6.07) is 5.24. The summed E-state index contributed by atoms with van der Waals surface area (Å²) >= 11 is 6.14. The largest absolute Gasteiger partial charge is 0.367 e. The van der Waals surface area contributed by atoms with Gasteiger partial charge in [-0.05, 0) is 19.9 Å². The molecular formula is C12H16ClN3O2. The second kappa shape index (κ2) is 5.12. The van der Waals surface area contributed by atoms with Crippen molar-refractivity contribution in [3.05, 3.63) is 33.3 Å². The highest BCUT2D eigenvalue weighted by Crippen LogP contribution is 2.31. The third-order valence-corrected chi connectivity index (χ3v) is 3.36. The molecule has 0 aliphatic carbocycles. The van der Waals surface area contributed by atoms with E-state index in [9.17, 15) is 10.1 Å². The highest BCUT2D eigenvalue weighted by molar-refractivity contribution is 6.33. The Bertz CT molecular complexity index is 457. The molecule has 1 aliphatic rings. The van der Waals surface area contributed by atoms with Crippen molar-refractivity contribution in [3.8, 4) is 0 Å². The van der Waals surface area contributed by atoms with Crippen LogP contribution in [0.25, 0.3) is 0 Å². The highest BCUT2D eigenvalue weighted by Gasteiger charge is 2.23. The molecule has 1 fully saturated rings. The number of nitrogens with zero attached hydrogens (tertiary/aromatic N) is 2. The first-order chi connectivity index (χ1) is 8.47. The van der Waals surface area contributed by atoms with Gasteiger partial charge in [-0.1, -0.05) is 11.6 Å². The van der Waals surface area contributed by atoms with Crippen LogP contribution in [0, 0.1) is 10.1 Å². The van der Waals surface area contributed by atoms with Gasteiger partial charge in [-0.25, -0.2) is 0 Å². The molecule has 1 saturated heterocycles. The van der Waals surface area contributed by atoms with Gasteiger partial charge in [0.15, 0.2) is 0 Å². The Morgan fingerprint density at radius 1 is 1.39 bits per heavy atom. The minimum absolute atomic E-state index is 0.0771. The summed E-state index contributed by atoms with van der Waals surface area (Å²) in [4.78, 5) is 12.5. The monoisotopic (exact) mass is 269 g/mol. The zero-order valence-electron chi connectivity index (χ0n) is 10.4. The molecule has 1 N–H and O–H groups in total. The topological polar surface area (TPSA) is 58.4 Å². The molecule has 0 amide bonds. The van der Waals surface area contributed by atoms with E-state index >= 15 is 0 Å². The lowest BCUT2D eigenvalue weighted by Crippen LogP contribution is -2.54. The molecule has 0 radical (unpaired) electrons. The van der Waals surface area contributed by atoms with Crippen molar-refractivity contribution in [1.29, 1.82) is 0 Å². The molecule has 1 aromatic carbocycles. The minimum Gasteiger partial charge on any atom is -0.367 e. The van der Waals surface area contributed by atoms with Gasteiger partial charge in [0.25, 0.3) is 5.69 Å². The molecule has 0 aromatic heterocycles. The van der Waals surface area contributed by atoms with Crippen molar-refractivity contribution in [3.63, 3.8) is 0 Å². The summed E-state index contributed by atoms with van der Waals surface area (Å²) in [7, 11) is 0. The van der Waals surface area contributed by atoms with E-state index in [4.69, 9.17) is 11.6 Å². The maximum Gasteiger partial charge on any atom is 0.271 e. The third kappa shape index (κ3) is 2.73. The number of nitrogens with one attached hydrogen (secondary N) is 1. The van der Waals surface area contributed by atoms with Gasteiger partial charge in [-0.15, -0.1) is 0 Å². The first-order valence-corrected chi connectivity index (χ1v) is 6.30. The number of hydrogen-bond donors (Lipinski definition) is 1. The molecule has 18 heavy (non-hydrogen) atoms. The van der Waals surface area contributed by atoms with Crippen molar-refractivity contribution in [2.45, 2.75) is 25.9 Å². The van der Waals surface area contributed by atoms with Crippen molar-refractivity contribution in [2.75, 3.05) is 18.0 Å². The Labute approximate surface area is 111 Å². The zero-order valence-corrected chi connectivity index (χ0v) is 11.1. The van der Waals surface area contributed by atoms with E-state index in [2.05, 4.69) is 24.1 Å². The van der Waals surface area contributed by atoms with E-state index < -0.39 is 4.92 Å². The van der Waals surface area contributed by atoms with Crippen LogP contribution in [-0.2, 0) is 0 Å². The number of nitro benzene ring substituents is 1. The van der Waals surface area contributed by atoms with Crippen LogP contribution in [0.1, 0.15) is 13.8 Å². The first kappa shape index (κ1) is 13.1. The van der Waals surface area contributed by atoms with Crippen LogP contribution in [-0.4, -0.2) is 30.1 Å². The summed E-state index contributed by atoms with van der Waals surface area (Å²) in [6.45, 7) is 5.78. The maximum absolute atomic E-state index is 10.8. The van der Waals surface area contributed by atoms with Gasteiger partial charge in [-0.3, -0.25) is 10.1 Å². The van der Waals surface area contributed by atoms with Crippen LogP contribution in [0.15, 0.2) is 18.2 Å². The van der Waals surface area contributed by atoms with Gasteiger partial charge in [0.2, 0.25) is 0 Å². The SMILES string of the molecule is C[C@@H]1CN(c2cc([N+](=O)[O-])ccc2Cl)C[C@H](C)N1. The highest BCUT2D eigenvalue weighted by atomic mass is 35.5. The van der Waals surface area contributed by atoms with Gasteiger partial charge in [-0.2, -0.15) is 0 Å². The number of rotatable bonds is 2. The number of hydrogen-bond acceptors (Lipinski definition) is 4. The quantitative estimate of drug-likeness (QED) is 0.662. The number of anilines is 1. The van der Waals surface area contributed by atoms with E-state index in [1.165, 1.54) is 6.07 Å². The van der Waals surface area contributed by atoms with E-state index in [1.807, 2.05) is 0 Å². The Morgan fingerprint density at radius 3 is 2.56 bits per heavy atom. The molecule has 0 unspecified atom stereocenters. The zero-order chi connectivity index (χ0) is 13.3. The molecule has 1 aromatic rings. The lowest BCUT2D eigenvalue weighted by molar-refractivity contribution is -0.384. The molecule has 1 heterocycles. The number of nitro groups is 1. The molecule has 1 aliphatic heterocycles. The number of piperazine rings is 1. The Morgan fingerprint density at radius 2 is 2.00 bits per heavy atom. The molecular weight excluding hydrogens is 254 g/mol. The van der Waals surface area contributed by atoms with Crippen molar-refractivity contribution >= 4 is 23.0 Å². The smallest absolute Gasteiger partial charge is 0.271 e. The van der Waals surface area contributed by atoms with Crippen molar-refractivity contribution in [1.82, 2.24) is 5.32 Å². The summed E-state index contributed by atoms with van der Waals surface area (Å²) in [5.74, 6) is 0. The predicted octanol–water partition coefficient (Wildman–Crippen LogP) is 2.43. The van der Waals surface area contributed by atoms with Gasteiger partial charge in [0, 0.05) is 37.3 Å². The molecule has 0 saturated carbocycles. The van der Waals surface area contributed by atoms with Crippen molar-refractivity contribution < 1.29 is 4.92 Å². The Balaban J connectivity index is 2.31. The second-order valence-electron chi connectivity index (χ2n) is 4.77. The average Bonchev–Trinajstić information content (AvgIpc) is 2.27. The summed E-state index contributed by atoms with van der Waals surface area (Å²) in [6.07, 6.45) is 0. The van der Waals surface area contributed by atoms with Crippen LogP contribution in [0.2, 0.25) is 5.02 Å². The third-order valence-electron chi connectivity index (χ3n) is 3.04. The molecule has 0 spiro atoms. The van der Waals surface area contributed by atoms with E-state index in [-0.39, 0.29) is 5.69 Å². The van der Waals surface area contributed by atoms with E-state index in [0.717, 1.165) is 18.8 Å². The standard InChI is InChI=1S/C12H16ClN3O2/c1-8-6-15(7-9(2)14-8)12-5-10(16(17)18)3-4-11(12)13/h3-5,8-9,14H,6-7H2,1-2H3/t8-,9+.